The first-order valence-electron chi connectivity index (χ1n) is 7.80. The summed E-state index contributed by atoms with van der Waals surface area (Å²) in [6.07, 6.45) is 0.704. The second kappa shape index (κ2) is 8.73. The molecule has 0 saturated carbocycles. The minimum absolute atomic E-state index is 0.287. The Bertz CT molecular complexity index is 778. The Hall–Kier alpha value is -2.25. The molecule has 0 aliphatic carbocycles. The number of pyridine rings is 1. The van der Waals surface area contributed by atoms with Crippen LogP contribution in [0, 0.1) is 0 Å². The number of aromatic nitrogens is 2. The predicted octanol–water partition coefficient (Wildman–Crippen LogP) is 3.22. The predicted molar refractivity (Wildman–Crippen MR) is 92.5 cm³/mol. The van der Waals surface area contributed by atoms with Gasteiger partial charge in [-0.2, -0.15) is 0 Å². The molecule has 1 atom stereocenters. The van der Waals surface area contributed by atoms with Crippen molar-refractivity contribution in [2.24, 2.45) is 0 Å². The van der Waals surface area contributed by atoms with E-state index in [0.717, 1.165) is 11.1 Å². The molecule has 0 spiro atoms. The zero-order chi connectivity index (χ0) is 17.5. The highest BCUT2D eigenvalue weighted by Gasteiger charge is 2.13. The Morgan fingerprint density at radius 1 is 1.12 bits per heavy atom. The van der Waals surface area contributed by atoms with Crippen LogP contribution in [-0.2, 0) is 24.5 Å². The maximum atomic E-state index is 10.1. The maximum absolute atomic E-state index is 10.1. The van der Waals surface area contributed by atoms with Gasteiger partial charge in [-0.05, 0) is 17.2 Å². The van der Waals surface area contributed by atoms with E-state index in [-0.39, 0.29) is 6.61 Å². The molecule has 0 fully saturated rings. The SMILES string of the molecule is OC(NCc1ccc(Cl)nc1)c1cc(COCc2ccccc2)on1. The van der Waals surface area contributed by atoms with Crippen molar-refractivity contribution in [2.45, 2.75) is 26.0 Å². The van der Waals surface area contributed by atoms with E-state index in [1.807, 2.05) is 36.4 Å². The van der Waals surface area contributed by atoms with E-state index in [4.69, 9.17) is 20.9 Å². The van der Waals surface area contributed by atoms with Crippen LogP contribution in [0.2, 0.25) is 5.15 Å². The Kier molecular flexibility index (Phi) is 6.14. The molecule has 1 unspecified atom stereocenters. The van der Waals surface area contributed by atoms with Crippen LogP contribution in [0.3, 0.4) is 0 Å². The number of hydrogen-bond donors (Lipinski definition) is 2. The minimum atomic E-state index is -0.942. The molecule has 0 aliphatic heterocycles. The van der Waals surface area contributed by atoms with Gasteiger partial charge in [0.1, 0.15) is 17.5 Å². The lowest BCUT2D eigenvalue weighted by Gasteiger charge is -2.09. The van der Waals surface area contributed by atoms with Crippen molar-refractivity contribution in [3.8, 4) is 0 Å². The van der Waals surface area contributed by atoms with Gasteiger partial charge in [0.05, 0.1) is 6.61 Å². The molecule has 1 aromatic carbocycles. The van der Waals surface area contributed by atoms with E-state index in [1.165, 1.54) is 0 Å². The summed E-state index contributed by atoms with van der Waals surface area (Å²) in [5, 5.41) is 17.4. The highest BCUT2D eigenvalue weighted by Crippen LogP contribution is 2.14. The highest BCUT2D eigenvalue weighted by atomic mass is 35.5. The summed E-state index contributed by atoms with van der Waals surface area (Å²) in [5.41, 5.74) is 2.39. The minimum Gasteiger partial charge on any atom is -0.373 e. The smallest absolute Gasteiger partial charge is 0.162 e. The van der Waals surface area contributed by atoms with Gasteiger partial charge in [0, 0.05) is 18.8 Å². The first-order chi connectivity index (χ1) is 12.2. The molecule has 2 N–H and O–H groups in total. The molecule has 6 nitrogen and oxygen atoms in total. The number of halogens is 1. The van der Waals surface area contributed by atoms with Crippen LogP contribution in [0.4, 0.5) is 0 Å². The first-order valence-corrected chi connectivity index (χ1v) is 8.17. The fourth-order valence-electron chi connectivity index (χ4n) is 2.20. The van der Waals surface area contributed by atoms with Crippen molar-refractivity contribution in [1.29, 1.82) is 0 Å². The average Bonchev–Trinajstić information content (AvgIpc) is 3.11. The number of rotatable bonds is 8. The van der Waals surface area contributed by atoms with E-state index in [2.05, 4.69) is 15.5 Å². The lowest BCUT2D eigenvalue weighted by Crippen LogP contribution is -2.20. The summed E-state index contributed by atoms with van der Waals surface area (Å²) < 4.78 is 10.8. The van der Waals surface area contributed by atoms with Crippen molar-refractivity contribution in [2.75, 3.05) is 0 Å². The van der Waals surface area contributed by atoms with Crippen LogP contribution in [0.1, 0.15) is 28.8 Å². The number of aliphatic hydroxyl groups excluding tert-OH is 1. The van der Waals surface area contributed by atoms with Gasteiger partial charge in [0.15, 0.2) is 12.0 Å². The standard InChI is InChI=1S/C18H18ClN3O3/c19-17-7-6-14(9-20-17)10-21-18(23)16-8-15(25-22-16)12-24-11-13-4-2-1-3-5-13/h1-9,18,21,23H,10-12H2. The summed E-state index contributed by atoms with van der Waals surface area (Å²) in [4.78, 5) is 3.99. The van der Waals surface area contributed by atoms with Crippen molar-refractivity contribution in [3.63, 3.8) is 0 Å². The summed E-state index contributed by atoms with van der Waals surface area (Å²) >= 11 is 5.74. The molecule has 0 radical (unpaired) electrons. The number of ether oxygens (including phenoxy) is 1. The van der Waals surface area contributed by atoms with E-state index < -0.39 is 6.23 Å². The highest BCUT2D eigenvalue weighted by molar-refractivity contribution is 6.29. The second-order valence-corrected chi connectivity index (χ2v) is 5.86. The van der Waals surface area contributed by atoms with Crippen molar-refractivity contribution in [1.82, 2.24) is 15.5 Å². The van der Waals surface area contributed by atoms with Gasteiger partial charge in [-0.3, -0.25) is 5.32 Å². The topological polar surface area (TPSA) is 80.4 Å². The summed E-state index contributed by atoms with van der Waals surface area (Å²) in [6, 6.07) is 15.1. The molecule has 2 heterocycles. The number of hydrogen-bond acceptors (Lipinski definition) is 6. The molecule has 3 aromatic rings. The van der Waals surface area contributed by atoms with Gasteiger partial charge in [-0.25, -0.2) is 4.98 Å². The molecule has 130 valence electrons. The van der Waals surface area contributed by atoms with E-state index in [1.54, 1.807) is 18.3 Å². The Labute approximate surface area is 150 Å². The van der Waals surface area contributed by atoms with E-state index in [9.17, 15) is 5.11 Å². The molecule has 25 heavy (non-hydrogen) atoms. The first kappa shape index (κ1) is 17.6. The van der Waals surface area contributed by atoms with Crippen LogP contribution in [-0.4, -0.2) is 15.2 Å². The number of aliphatic hydroxyl groups is 1. The van der Waals surface area contributed by atoms with Crippen LogP contribution < -0.4 is 5.32 Å². The molecule has 0 bridgehead atoms. The Morgan fingerprint density at radius 2 is 1.96 bits per heavy atom. The molecular formula is C18H18ClN3O3. The zero-order valence-corrected chi connectivity index (χ0v) is 14.2. The number of benzene rings is 1. The van der Waals surface area contributed by atoms with Crippen molar-refractivity contribution < 1.29 is 14.4 Å². The third kappa shape index (κ3) is 5.37. The van der Waals surface area contributed by atoms with Crippen molar-refractivity contribution in [3.05, 3.63) is 82.5 Å². The largest absolute Gasteiger partial charge is 0.373 e. The van der Waals surface area contributed by atoms with Crippen LogP contribution >= 0.6 is 11.6 Å². The van der Waals surface area contributed by atoms with Crippen LogP contribution in [0.5, 0.6) is 0 Å². The molecule has 2 aromatic heterocycles. The third-order valence-electron chi connectivity index (χ3n) is 3.50. The van der Waals surface area contributed by atoms with Gasteiger partial charge >= 0.3 is 0 Å². The third-order valence-corrected chi connectivity index (χ3v) is 3.72. The second-order valence-electron chi connectivity index (χ2n) is 5.47. The number of nitrogens with one attached hydrogen (secondary N) is 1. The Morgan fingerprint density at radius 3 is 2.72 bits per heavy atom. The zero-order valence-electron chi connectivity index (χ0n) is 13.4. The lowest BCUT2D eigenvalue weighted by molar-refractivity contribution is 0.0875. The molecule has 0 saturated heterocycles. The van der Waals surface area contributed by atoms with Gasteiger partial charge in [-0.15, -0.1) is 0 Å². The van der Waals surface area contributed by atoms with Gasteiger partial charge in [0.2, 0.25) is 0 Å². The molecule has 3 rings (SSSR count). The monoisotopic (exact) mass is 359 g/mol. The number of nitrogens with zero attached hydrogens (tertiary/aromatic N) is 2. The summed E-state index contributed by atoms with van der Waals surface area (Å²) in [7, 11) is 0. The van der Waals surface area contributed by atoms with Crippen molar-refractivity contribution >= 4 is 11.6 Å². The summed E-state index contributed by atoms with van der Waals surface area (Å²) in [6.45, 7) is 1.20. The van der Waals surface area contributed by atoms with Gasteiger partial charge in [-0.1, -0.05) is 53.2 Å². The molecule has 0 aliphatic rings. The molecular weight excluding hydrogens is 342 g/mol. The van der Waals surface area contributed by atoms with Gasteiger partial charge < -0.3 is 14.4 Å². The van der Waals surface area contributed by atoms with Crippen LogP contribution in [0.25, 0.3) is 0 Å². The summed E-state index contributed by atoms with van der Waals surface area (Å²) in [5.74, 6) is 0.556. The van der Waals surface area contributed by atoms with E-state index >= 15 is 0 Å². The Balaban J connectivity index is 1.46. The molecule has 0 amide bonds. The fraction of sp³-hybridized carbons (Fsp3) is 0.222. The lowest BCUT2D eigenvalue weighted by atomic mass is 10.2. The molecule has 7 heteroatoms. The quantitative estimate of drug-likeness (QED) is 0.475. The van der Waals surface area contributed by atoms with E-state index in [0.29, 0.717) is 29.8 Å². The maximum Gasteiger partial charge on any atom is 0.162 e. The normalized spacial score (nSPS) is 12.2. The fourth-order valence-corrected chi connectivity index (χ4v) is 2.31. The average molecular weight is 360 g/mol. The van der Waals surface area contributed by atoms with Crippen LogP contribution in [0.15, 0.2) is 59.3 Å². The van der Waals surface area contributed by atoms with Gasteiger partial charge in [0.25, 0.3) is 0 Å².